The number of aryl methyl sites for hydroxylation is 2. The number of benzene rings is 1. The molecular formula is C36H45N3O10. The molecule has 0 amide bonds. The van der Waals surface area contributed by atoms with Gasteiger partial charge in [-0.1, -0.05) is 24.8 Å². The van der Waals surface area contributed by atoms with E-state index >= 15 is 0 Å². The zero-order valence-corrected chi connectivity index (χ0v) is 28.1. The van der Waals surface area contributed by atoms with Crippen LogP contribution in [0.25, 0.3) is 0 Å². The van der Waals surface area contributed by atoms with Crippen LogP contribution in [-0.4, -0.2) is 108 Å². The molecule has 0 bridgehead atoms. The average Bonchev–Trinajstić information content (AvgIpc) is 3.24. The first kappa shape index (κ1) is 37.3. The van der Waals surface area contributed by atoms with Crippen molar-refractivity contribution in [3.63, 3.8) is 0 Å². The van der Waals surface area contributed by atoms with Gasteiger partial charge in [-0.05, 0) is 106 Å². The smallest absolute Gasteiger partial charge is 0.317 e. The second-order valence-electron chi connectivity index (χ2n) is 13.8. The monoisotopic (exact) mass is 679 g/mol. The molecule has 1 heterocycles. The molecule has 6 N–H and O–H groups in total. The van der Waals surface area contributed by atoms with Gasteiger partial charge in [0.15, 0.2) is 0 Å². The fourth-order valence-corrected chi connectivity index (χ4v) is 8.15. The normalized spacial score (nSPS) is 25.1. The number of likely N-dealkylation sites (N-methyl/N-ethyl adjacent to an activating group) is 1. The molecule has 13 nitrogen and oxygen atoms in total. The van der Waals surface area contributed by atoms with Crippen molar-refractivity contribution in [2.75, 3.05) is 33.2 Å². The molecule has 3 aliphatic rings. The first-order valence-corrected chi connectivity index (χ1v) is 16.3. The van der Waals surface area contributed by atoms with Crippen molar-refractivity contribution in [2.45, 2.75) is 70.4 Å². The van der Waals surface area contributed by atoms with Gasteiger partial charge in [0, 0.05) is 23.2 Å². The van der Waals surface area contributed by atoms with Gasteiger partial charge in [-0.2, -0.15) is 0 Å². The summed E-state index contributed by atoms with van der Waals surface area (Å²) < 4.78 is 0. The molecule has 0 saturated heterocycles. The molecule has 13 heteroatoms. The molecular weight excluding hydrogens is 634 g/mol. The van der Waals surface area contributed by atoms with E-state index < -0.39 is 42.6 Å². The van der Waals surface area contributed by atoms with Crippen LogP contribution in [0.5, 0.6) is 5.75 Å². The van der Waals surface area contributed by atoms with Crippen LogP contribution < -0.4 is 0 Å². The number of aromatic hydroxyl groups is 1. The van der Waals surface area contributed by atoms with Crippen molar-refractivity contribution in [3.8, 4) is 17.6 Å². The molecule has 3 unspecified atom stereocenters. The number of pyridine rings is 1. The minimum atomic E-state index is -1.12. The number of hydrogen-bond acceptors (Lipinski definition) is 9. The van der Waals surface area contributed by atoms with Crippen molar-refractivity contribution in [2.24, 2.45) is 17.3 Å². The molecule has 2 saturated carbocycles. The highest BCUT2D eigenvalue weighted by molar-refractivity contribution is 5.73. The summed E-state index contributed by atoms with van der Waals surface area (Å²) in [6, 6.07) is 9.36. The zero-order valence-electron chi connectivity index (χ0n) is 28.1. The molecule has 264 valence electrons. The Bertz CT molecular complexity index is 1620. The van der Waals surface area contributed by atoms with Crippen molar-refractivity contribution >= 4 is 23.9 Å². The zero-order chi connectivity index (χ0) is 36.1. The van der Waals surface area contributed by atoms with Gasteiger partial charge >= 0.3 is 23.9 Å². The van der Waals surface area contributed by atoms with Gasteiger partial charge < -0.3 is 30.6 Å². The summed E-state index contributed by atoms with van der Waals surface area (Å²) in [5.74, 6) is 3.82. The summed E-state index contributed by atoms with van der Waals surface area (Å²) >= 11 is 0. The summed E-state index contributed by atoms with van der Waals surface area (Å²) in [5.41, 5.74) is 3.07. The van der Waals surface area contributed by atoms with E-state index in [0.29, 0.717) is 46.9 Å². The van der Waals surface area contributed by atoms with Gasteiger partial charge in [-0.15, -0.1) is 0 Å². The summed E-state index contributed by atoms with van der Waals surface area (Å²) in [6.45, 7) is 2.78. The quantitative estimate of drug-likeness (QED) is 0.200. The molecule has 0 radical (unpaired) electrons. The minimum absolute atomic E-state index is 0.0708. The van der Waals surface area contributed by atoms with E-state index in [4.69, 9.17) is 20.4 Å². The van der Waals surface area contributed by atoms with Gasteiger partial charge in [0.25, 0.3) is 0 Å². The molecule has 49 heavy (non-hydrogen) atoms. The Balaban J connectivity index is 0.000000471. The van der Waals surface area contributed by atoms with Gasteiger partial charge in [0.05, 0.1) is 31.9 Å². The van der Waals surface area contributed by atoms with Crippen LogP contribution >= 0.6 is 0 Å². The van der Waals surface area contributed by atoms with Gasteiger partial charge in [0.2, 0.25) is 0 Å². The topological polar surface area (TPSA) is 209 Å². The number of carboxylic acids is 4. The van der Waals surface area contributed by atoms with E-state index in [1.165, 1.54) is 28.0 Å². The van der Waals surface area contributed by atoms with E-state index in [9.17, 15) is 29.4 Å². The van der Waals surface area contributed by atoms with Crippen LogP contribution in [0.3, 0.4) is 0 Å². The van der Waals surface area contributed by atoms with Crippen molar-refractivity contribution in [3.05, 3.63) is 58.4 Å². The summed E-state index contributed by atoms with van der Waals surface area (Å²) in [7, 11) is 1.43. The van der Waals surface area contributed by atoms with E-state index in [-0.39, 0.29) is 25.0 Å². The highest BCUT2D eigenvalue weighted by Crippen LogP contribution is 2.64. The lowest BCUT2D eigenvalue weighted by molar-refractivity contribution is -0.143. The maximum Gasteiger partial charge on any atom is 0.317 e. The number of fused-ring (bicyclic) bond motifs is 5. The number of nitrogens with zero attached hydrogens (tertiary/aromatic N) is 3. The van der Waals surface area contributed by atoms with Gasteiger partial charge in [-0.25, -0.2) is 0 Å². The maximum absolute atomic E-state index is 12.0. The lowest BCUT2D eigenvalue weighted by Crippen LogP contribution is -2.50. The third-order valence-corrected chi connectivity index (χ3v) is 10.2. The number of aliphatic hydroxyl groups is 1. The third kappa shape index (κ3) is 9.14. The van der Waals surface area contributed by atoms with Crippen LogP contribution in [0.1, 0.15) is 73.0 Å². The van der Waals surface area contributed by atoms with E-state index in [1.54, 1.807) is 12.1 Å². The standard InChI is InChI=1S/C31H36N2O6.C5H9NO4/c1-19-13-20(14-22(32-19)16-33(17-28(35)36)18-29(37)38)7-11-31(39)12-9-27-26-5-3-21-15-23(34)4-6-24(21)25(26)8-10-30(27,31)2;1-6(2-4(7)8)3-5(9)10/h4,6,13-15,25-27,34,39H,3,5,8-10,12,16-18H2,1-2H3,(H,35,36)(H,37,38);2-3H2,1H3,(H,7,8)(H,9,10)/t25?,26?,27?,30-,31-;/m0./s1. The number of phenols is 1. The van der Waals surface area contributed by atoms with Crippen LogP contribution in [0, 0.1) is 36.0 Å². The number of hydrogen-bond donors (Lipinski definition) is 6. The minimum Gasteiger partial charge on any atom is -0.508 e. The Kier molecular flexibility index (Phi) is 11.7. The van der Waals surface area contributed by atoms with Gasteiger partial charge in [0.1, 0.15) is 11.4 Å². The third-order valence-electron chi connectivity index (χ3n) is 10.2. The predicted octanol–water partition coefficient (Wildman–Crippen LogP) is 2.79. The molecule has 1 aromatic heterocycles. The predicted molar refractivity (Wildman–Crippen MR) is 177 cm³/mol. The Morgan fingerprint density at radius 2 is 1.53 bits per heavy atom. The molecule has 0 aliphatic heterocycles. The number of rotatable bonds is 10. The second kappa shape index (κ2) is 15.4. The Hall–Kier alpha value is -4.51. The van der Waals surface area contributed by atoms with E-state index in [0.717, 1.165) is 32.1 Å². The lowest BCUT2D eigenvalue weighted by Gasteiger charge is -2.52. The second-order valence-corrected chi connectivity index (χ2v) is 13.8. The van der Waals surface area contributed by atoms with Crippen LogP contribution in [0.15, 0.2) is 30.3 Å². The summed E-state index contributed by atoms with van der Waals surface area (Å²) in [6.07, 6.45) is 5.42. The summed E-state index contributed by atoms with van der Waals surface area (Å²) in [4.78, 5) is 49.3. The first-order valence-electron chi connectivity index (χ1n) is 16.3. The van der Waals surface area contributed by atoms with Crippen LogP contribution in [0.4, 0.5) is 0 Å². The molecule has 3 aliphatic carbocycles. The summed E-state index contributed by atoms with van der Waals surface area (Å²) in [5, 5.41) is 56.5. The number of carbonyl (C=O) groups is 4. The largest absolute Gasteiger partial charge is 0.508 e. The van der Waals surface area contributed by atoms with Crippen LogP contribution in [0.2, 0.25) is 0 Å². The fourth-order valence-electron chi connectivity index (χ4n) is 8.15. The van der Waals surface area contributed by atoms with Crippen molar-refractivity contribution in [1.82, 2.24) is 14.8 Å². The van der Waals surface area contributed by atoms with Crippen molar-refractivity contribution < 1.29 is 49.8 Å². The van der Waals surface area contributed by atoms with Crippen LogP contribution in [-0.2, 0) is 32.1 Å². The number of aliphatic carboxylic acids is 4. The SMILES string of the molecule is CN(CC(=O)O)CC(=O)O.Cc1cc(C#C[C@]2(O)CCC3C4CCc5cc(O)ccc5C4CC[C@@]32C)cc(CN(CC(=O)O)CC(=O)O)n1. The molecule has 2 fully saturated rings. The lowest BCUT2D eigenvalue weighted by atomic mass is 9.53. The molecule has 0 spiro atoms. The number of aromatic nitrogens is 1. The fraction of sp³-hybridized carbons (Fsp3) is 0.528. The first-order chi connectivity index (χ1) is 23.0. The highest BCUT2D eigenvalue weighted by Gasteiger charge is 2.61. The number of carboxylic acid groups (broad SMARTS) is 4. The van der Waals surface area contributed by atoms with Gasteiger partial charge in [-0.3, -0.25) is 34.0 Å². The van der Waals surface area contributed by atoms with E-state index in [1.807, 2.05) is 19.1 Å². The molecule has 5 atom stereocenters. The Morgan fingerprint density at radius 3 is 2.14 bits per heavy atom. The Labute approximate surface area is 285 Å². The average molecular weight is 680 g/mol. The molecule has 1 aromatic carbocycles. The molecule has 5 rings (SSSR count). The number of phenolic OH excluding ortho intramolecular Hbond substituents is 1. The maximum atomic E-state index is 12.0. The molecule has 2 aromatic rings. The highest BCUT2D eigenvalue weighted by atomic mass is 16.4. The van der Waals surface area contributed by atoms with Crippen molar-refractivity contribution in [1.29, 1.82) is 0 Å². The van der Waals surface area contributed by atoms with E-state index in [2.05, 4.69) is 29.8 Å². The Morgan fingerprint density at radius 1 is 0.898 bits per heavy atom.